The van der Waals surface area contributed by atoms with E-state index in [1.54, 1.807) is 0 Å². The van der Waals surface area contributed by atoms with Gasteiger partial charge in [-0.2, -0.15) is 18.3 Å². The average Bonchev–Trinajstić information content (AvgIpc) is 2.49. The van der Waals surface area contributed by atoms with Crippen molar-refractivity contribution in [1.29, 1.82) is 0 Å². The highest BCUT2D eigenvalue weighted by Crippen LogP contribution is 2.34. The first kappa shape index (κ1) is 17.7. The van der Waals surface area contributed by atoms with Gasteiger partial charge in [0.15, 0.2) is 0 Å². The molecule has 0 aliphatic carbocycles. The molecule has 0 aliphatic rings. The van der Waals surface area contributed by atoms with Gasteiger partial charge in [0.2, 0.25) is 0 Å². The van der Waals surface area contributed by atoms with Crippen LogP contribution in [0.25, 0.3) is 0 Å². The van der Waals surface area contributed by atoms with E-state index >= 15 is 0 Å². The normalized spacial score (nSPS) is 11.7. The Morgan fingerprint density at radius 3 is 2.54 bits per heavy atom. The molecule has 2 rings (SSSR count). The van der Waals surface area contributed by atoms with Crippen molar-refractivity contribution in [3.05, 3.63) is 68.5 Å². The zero-order chi connectivity index (χ0) is 17.9. The minimum absolute atomic E-state index is 0.0578. The molecule has 0 amide bonds. The number of nitro groups is 1. The molecule has 2 aromatic carbocycles. The first-order valence-electron chi connectivity index (χ1n) is 6.29. The summed E-state index contributed by atoms with van der Waals surface area (Å²) < 4.78 is 51.3. The van der Waals surface area contributed by atoms with Gasteiger partial charge >= 0.3 is 6.18 Å². The van der Waals surface area contributed by atoms with Crippen LogP contribution in [-0.2, 0) is 6.18 Å². The Hall–Kier alpha value is -2.68. The van der Waals surface area contributed by atoms with E-state index in [0.29, 0.717) is 12.1 Å². The molecule has 1 N–H and O–H groups in total. The van der Waals surface area contributed by atoms with Crippen LogP contribution >= 0.6 is 11.6 Å². The second-order valence-corrected chi connectivity index (χ2v) is 4.90. The number of nitrogens with zero attached hydrogens (tertiary/aromatic N) is 2. The minimum Gasteiger partial charge on any atom is -0.272 e. The SMILES string of the molecule is O=[N+]([O-])c1cc(C(F)(F)F)ccc1N/N=C\c1c(F)cccc1Cl. The predicted molar refractivity (Wildman–Crippen MR) is 80.7 cm³/mol. The monoisotopic (exact) mass is 361 g/mol. The zero-order valence-corrected chi connectivity index (χ0v) is 12.4. The van der Waals surface area contributed by atoms with Crippen LogP contribution in [0.4, 0.5) is 28.9 Å². The maximum atomic E-state index is 13.5. The first-order valence-corrected chi connectivity index (χ1v) is 6.66. The summed E-state index contributed by atoms with van der Waals surface area (Å²) >= 11 is 5.77. The molecule has 0 spiro atoms. The Labute approximate surface area is 137 Å². The van der Waals surface area contributed by atoms with Gasteiger partial charge in [0.25, 0.3) is 5.69 Å². The second-order valence-electron chi connectivity index (χ2n) is 4.49. The maximum Gasteiger partial charge on any atom is 0.416 e. The lowest BCUT2D eigenvalue weighted by Gasteiger charge is -2.08. The molecule has 10 heteroatoms. The van der Waals surface area contributed by atoms with Crippen molar-refractivity contribution in [3.8, 4) is 0 Å². The van der Waals surface area contributed by atoms with E-state index in [1.165, 1.54) is 12.1 Å². The second kappa shape index (κ2) is 6.83. The van der Waals surface area contributed by atoms with Crippen molar-refractivity contribution >= 4 is 29.2 Å². The highest BCUT2D eigenvalue weighted by molar-refractivity contribution is 6.33. The number of hydrogen-bond acceptors (Lipinski definition) is 4. The van der Waals surface area contributed by atoms with Gasteiger partial charge in [0, 0.05) is 11.6 Å². The van der Waals surface area contributed by atoms with Crippen molar-refractivity contribution in [2.75, 3.05) is 5.43 Å². The standard InChI is InChI=1S/C14H8ClF4N3O2/c15-10-2-1-3-11(16)9(10)7-20-21-12-5-4-8(14(17,18)19)6-13(12)22(23)24/h1-7,21H/b20-7-. The van der Waals surface area contributed by atoms with Crippen LogP contribution in [0, 0.1) is 15.9 Å². The predicted octanol–water partition coefficient (Wildman–Crippen LogP) is 4.85. The lowest BCUT2D eigenvalue weighted by Crippen LogP contribution is -2.06. The summed E-state index contributed by atoms with van der Waals surface area (Å²) in [7, 11) is 0. The molecule has 0 heterocycles. The lowest BCUT2D eigenvalue weighted by molar-refractivity contribution is -0.384. The molecule has 126 valence electrons. The summed E-state index contributed by atoms with van der Waals surface area (Å²) in [6, 6.07) is 5.83. The smallest absolute Gasteiger partial charge is 0.272 e. The van der Waals surface area contributed by atoms with Gasteiger partial charge in [0.1, 0.15) is 11.5 Å². The summed E-state index contributed by atoms with van der Waals surface area (Å²) in [6.45, 7) is 0. The molecule has 0 bridgehead atoms. The van der Waals surface area contributed by atoms with Crippen LogP contribution in [0.2, 0.25) is 5.02 Å². The van der Waals surface area contributed by atoms with Crippen LogP contribution in [-0.4, -0.2) is 11.1 Å². The highest BCUT2D eigenvalue weighted by Gasteiger charge is 2.33. The lowest BCUT2D eigenvalue weighted by atomic mass is 10.1. The van der Waals surface area contributed by atoms with E-state index < -0.39 is 28.2 Å². The minimum atomic E-state index is -4.72. The highest BCUT2D eigenvalue weighted by atomic mass is 35.5. The van der Waals surface area contributed by atoms with Crippen molar-refractivity contribution in [1.82, 2.24) is 0 Å². The maximum absolute atomic E-state index is 13.5. The van der Waals surface area contributed by atoms with Crippen LogP contribution in [0.3, 0.4) is 0 Å². The van der Waals surface area contributed by atoms with Crippen molar-refractivity contribution < 1.29 is 22.5 Å². The van der Waals surface area contributed by atoms with E-state index in [4.69, 9.17) is 11.6 Å². The summed E-state index contributed by atoms with van der Waals surface area (Å²) in [4.78, 5) is 9.92. The Bertz CT molecular complexity index is 789. The summed E-state index contributed by atoms with van der Waals surface area (Å²) in [5.74, 6) is -0.671. The van der Waals surface area contributed by atoms with E-state index in [2.05, 4.69) is 10.5 Å². The summed E-state index contributed by atoms with van der Waals surface area (Å²) in [5.41, 5.74) is -0.122. The zero-order valence-electron chi connectivity index (χ0n) is 11.6. The van der Waals surface area contributed by atoms with Gasteiger partial charge in [-0.3, -0.25) is 15.5 Å². The number of alkyl halides is 3. The van der Waals surface area contributed by atoms with Crippen molar-refractivity contribution in [2.24, 2.45) is 5.10 Å². The molecule has 0 aromatic heterocycles. The van der Waals surface area contributed by atoms with Crippen LogP contribution in [0.15, 0.2) is 41.5 Å². The molecule has 0 radical (unpaired) electrons. The molecule has 2 aromatic rings. The Morgan fingerprint density at radius 2 is 1.96 bits per heavy atom. The van der Waals surface area contributed by atoms with E-state index in [-0.39, 0.29) is 16.3 Å². The van der Waals surface area contributed by atoms with Gasteiger partial charge in [-0.1, -0.05) is 17.7 Å². The molecule has 0 aliphatic heterocycles. The number of hydrogen-bond donors (Lipinski definition) is 1. The molecule has 0 unspecified atom stereocenters. The number of benzene rings is 2. The van der Waals surface area contributed by atoms with E-state index in [9.17, 15) is 27.7 Å². The number of hydrazone groups is 1. The molecule has 0 saturated carbocycles. The third kappa shape index (κ3) is 3.99. The number of anilines is 1. The Balaban J connectivity index is 2.30. The van der Waals surface area contributed by atoms with Gasteiger partial charge in [0.05, 0.1) is 21.7 Å². The molecule has 0 saturated heterocycles. The third-order valence-electron chi connectivity index (χ3n) is 2.90. The van der Waals surface area contributed by atoms with Gasteiger partial charge < -0.3 is 0 Å². The van der Waals surface area contributed by atoms with Crippen LogP contribution in [0.1, 0.15) is 11.1 Å². The van der Waals surface area contributed by atoms with Crippen molar-refractivity contribution in [2.45, 2.75) is 6.18 Å². The molecular weight excluding hydrogens is 354 g/mol. The summed E-state index contributed by atoms with van der Waals surface area (Å²) in [6.07, 6.45) is -3.74. The van der Waals surface area contributed by atoms with Crippen molar-refractivity contribution in [3.63, 3.8) is 0 Å². The van der Waals surface area contributed by atoms with Gasteiger partial charge in [-0.15, -0.1) is 0 Å². The average molecular weight is 362 g/mol. The number of nitrogens with one attached hydrogen (secondary N) is 1. The van der Waals surface area contributed by atoms with Crippen LogP contribution in [0.5, 0.6) is 0 Å². The fourth-order valence-electron chi connectivity index (χ4n) is 1.75. The molecule has 0 atom stereocenters. The van der Waals surface area contributed by atoms with Crippen LogP contribution < -0.4 is 5.43 Å². The first-order chi connectivity index (χ1) is 11.2. The molecule has 5 nitrogen and oxygen atoms in total. The number of rotatable bonds is 4. The van der Waals surface area contributed by atoms with E-state index in [0.717, 1.165) is 18.3 Å². The Kier molecular flexibility index (Phi) is 5.03. The molecule has 0 fully saturated rings. The topological polar surface area (TPSA) is 67.5 Å². The Morgan fingerprint density at radius 1 is 1.25 bits per heavy atom. The third-order valence-corrected chi connectivity index (χ3v) is 3.23. The largest absolute Gasteiger partial charge is 0.416 e. The molecular formula is C14H8ClF4N3O2. The fraction of sp³-hybridized carbons (Fsp3) is 0.0714. The van der Waals surface area contributed by atoms with Gasteiger partial charge in [-0.25, -0.2) is 4.39 Å². The van der Waals surface area contributed by atoms with Gasteiger partial charge in [-0.05, 0) is 24.3 Å². The fourth-order valence-corrected chi connectivity index (χ4v) is 1.97. The van der Waals surface area contributed by atoms with E-state index in [1.807, 2.05) is 0 Å². The molecule has 24 heavy (non-hydrogen) atoms. The number of nitro benzene ring substituents is 1. The quantitative estimate of drug-likeness (QED) is 0.366. The summed E-state index contributed by atoms with van der Waals surface area (Å²) in [5, 5.41) is 14.5. The number of halogens is 5.